The molecule has 0 aliphatic carbocycles. The first-order valence-corrected chi connectivity index (χ1v) is 12.3. The third kappa shape index (κ3) is 5.18. The van der Waals surface area contributed by atoms with Crippen LogP contribution in [0.1, 0.15) is 23.6 Å². The minimum atomic E-state index is -0.506. The van der Waals surface area contributed by atoms with E-state index in [2.05, 4.69) is 15.9 Å². The molecule has 0 aromatic heterocycles. The van der Waals surface area contributed by atoms with Crippen LogP contribution in [0.5, 0.6) is 0 Å². The first kappa shape index (κ1) is 24.0. The largest absolute Gasteiger partial charge is 0.486 e. The average molecular weight is 540 g/mol. The van der Waals surface area contributed by atoms with Crippen molar-refractivity contribution < 1.29 is 14.3 Å². The molecule has 4 rings (SSSR count). The van der Waals surface area contributed by atoms with Crippen LogP contribution in [-0.2, 0) is 27.4 Å². The van der Waals surface area contributed by atoms with Crippen molar-refractivity contribution in [2.45, 2.75) is 20.1 Å². The molecule has 0 amide bonds. The van der Waals surface area contributed by atoms with Crippen molar-refractivity contribution in [3.8, 4) is 11.1 Å². The molecule has 0 saturated carbocycles. The van der Waals surface area contributed by atoms with E-state index in [1.54, 1.807) is 5.01 Å². The number of carbonyl (C=O) groups is 1. The van der Waals surface area contributed by atoms with Gasteiger partial charge in [-0.3, -0.25) is 5.01 Å². The normalized spacial score (nSPS) is 13.5. The van der Waals surface area contributed by atoms with Gasteiger partial charge in [-0.2, -0.15) is 5.10 Å². The number of esters is 1. The quantitative estimate of drug-likeness (QED) is 0.192. The highest BCUT2D eigenvalue weighted by Gasteiger charge is 2.33. The lowest BCUT2D eigenvalue weighted by atomic mass is 9.91. The predicted octanol–water partition coefficient (Wildman–Crippen LogP) is 6.65. The summed E-state index contributed by atoms with van der Waals surface area (Å²) in [5.74, 6) is -0.0695. The van der Waals surface area contributed by atoms with E-state index in [1.165, 1.54) is 7.11 Å². The molecule has 3 aromatic rings. The van der Waals surface area contributed by atoms with Crippen LogP contribution in [0.4, 0.5) is 0 Å². The minimum absolute atomic E-state index is 0.273. The molecule has 0 spiro atoms. The summed E-state index contributed by atoms with van der Waals surface area (Å²) in [7, 11) is 1.36. The molecule has 0 saturated heterocycles. The SMILES string of the molecule is COC(=O)C1=C(OCc2ccccc2)c2cccc(-c3cccc(Cl)c3)c2CN1/N=C(\C)CBr. The van der Waals surface area contributed by atoms with Gasteiger partial charge in [0.05, 0.1) is 13.7 Å². The van der Waals surface area contributed by atoms with E-state index < -0.39 is 5.97 Å². The van der Waals surface area contributed by atoms with E-state index in [9.17, 15) is 4.79 Å². The number of carbonyl (C=O) groups excluding carboxylic acids is 1. The number of nitrogens with zero attached hydrogens (tertiary/aromatic N) is 2. The molecule has 3 aromatic carbocycles. The third-order valence-corrected chi connectivity index (χ3v) is 6.47. The van der Waals surface area contributed by atoms with Crippen molar-refractivity contribution in [3.63, 3.8) is 0 Å². The molecule has 1 aliphatic rings. The van der Waals surface area contributed by atoms with Crippen molar-refractivity contribution in [3.05, 3.63) is 100 Å². The summed E-state index contributed by atoms with van der Waals surface area (Å²) in [6, 6.07) is 23.5. The number of fused-ring (bicyclic) bond motifs is 1. The highest BCUT2D eigenvalue weighted by atomic mass is 79.9. The molecule has 5 nitrogen and oxygen atoms in total. The van der Waals surface area contributed by atoms with Gasteiger partial charge in [0, 0.05) is 21.6 Å². The van der Waals surface area contributed by atoms with Gasteiger partial charge in [0.2, 0.25) is 0 Å². The van der Waals surface area contributed by atoms with Gasteiger partial charge in [0.15, 0.2) is 11.5 Å². The lowest BCUT2D eigenvalue weighted by Gasteiger charge is -2.31. The fraction of sp³-hybridized carbons (Fsp3) is 0.185. The summed E-state index contributed by atoms with van der Waals surface area (Å²) < 4.78 is 11.5. The van der Waals surface area contributed by atoms with Gasteiger partial charge in [-0.1, -0.05) is 88.2 Å². The fourth-order valence-electron chi connectivity index (χ4n) is 3.86. The van der Waals surface area contributed by atoms with Crippen molar-refractivity contribution >= 4 is 45.0 Å². The second-order valence-electron chi connectivity index (χ2n) is 7.81. The molecule has 0 radical (unpaired) electrons. The molecule has 174 valence electrons. The van der Waals surface area contributed by atoms with Crippen LogP contribution in [-0.4, -0.2) is 29.1 Å². The monoisotopic (exact) mass is 538 g/mol. The third-order valence-electron chi connectivity index (χ3n) is 5.43. The number of rotatable bonds is 7. The van der Waals surface area contributed by atoms with E-state index in [0.29, 0.717) is 29.3 Å². The smallest absolute Gasteiger partial charge is 0.360 e. The zero-order valence-electron chi connectivity index (χ0n) is 18.9. The lowest BCUT2D eigenvalue weighted by Crippen LogP contribution is -2.31. The molecule has 0 N–H and O–H groups in total. The molecule has 0 bridgehead atoms. The Morgan fingerprint density at radius 1 is 1.06 bits per heavy atom. The molecule has 0 unspecified atom stereocenters. The Labute approximate surface area is 212 Å². The van der Waals surface area contributed by atoms with Crippen LogP contribution in [0, 0.1) is 0 Å². The van der Waals surface area contributed by atoms with Crippen LogP contribution in [0.15, 0.2) is 83.6 Å². The Kier molecular flexibility index (Phi) is 7.70. The van der Waals surface area contributed by atoms with Crippen molar-refractivity contribution in [1.29, 1.82) is 0 Å². The summed E-state index contributed by atoms with van der Waals surface area (Å²) in [6.45, 7) is 2.57. The number of methoxy groups -OCH3 is 1. The van der Waals surface area contributed by atoms with Crippen LogP contribution >= 0.6 is 27.5 Å². The van der Waals surface area contributed by atoms with Gasteiger partial charge in [-0.05, 0) is 41.3 Å². The first-order chi connectivity index (χ1) is 16.5. The van der Waals surface area contributed by atoms with Crippen LogP contribution in [0.3, 0.4) is 0 Å². The maximum Gasteiger partial charge on any atom is 0.360 e. The molecule has 0 atom stereocenters. The Morgan fingerprint density at radius 3 is 2.50 bits per heavy atom. The second kappa shape index (κ2) is 10.9. The van der Waals surface area contributed by atoms with Crippen molar-refractivity contribution in [2.24, 2.45) is 5.10 Å². The van der Waals surface area contributed by atoms with E-state index in [-0.39, 0.29) is 5.70 Å². The van der Waals surface area contributed by atoms with Gasteiger partial charge in [-0.25, -0.2) is 4.79 Å². The van der Waals surface area contributed by atoms with Crippen molar-refractivity contribution in [2.75, 3.05) is 12.4 Å². The predicted molar refractivity (Wildman–Crippen MR) is 140 cm³/mol. The highest BCUT2D eigenvalue weighted by molar-refractivity contribution is 9.09. The van der Waals surface area contributed by atoms with Crippen LogP contribution < -0.4 is 0 Å². The van der Waals surface area contributed by atoms with E-state index >= 15 is 0 Å². The molecular weight excluding hydrogens is 516 g/mol. The van der Waals surface area contributed by atoms with Gasteiger partial charge in [0.25, 0.3) is 0 Å². The van der Waals surface area contributed by atoms with E-state index in [4.69, 9.17) is 26.2 Å². The van der Waals surface area contributed by atoms with E-state index in [1.807, 2.05) is 79.7 Å². The number of halogens is 2. The molecule has 34 heavy (non-hydrogen) atoms. The summed E-state index contributed by atoms with van der Waals surface area (Å²) in [6.07, 6.45) is 0. The number of alkyl halides is 1. The Morgan fingerprint density at radius 2 is 1.79 bits per heavy atom. The highest BCUT2D eigenvalue weighted by Crippen LogP contribution is 2.39. The topological polar surface area (TPSA) is 51.1 Å². The summed E-state index contributed by atoms with van der Waals surface area (Å²) in [4.78, 5) is 13.0. The maximum atomic E-state index is 13.0. The van der Waals surface area contributed by atoms with Gasteiger partial charge in [0.1, 0.15) is 6.61 Å². The summed E-state index contributed by atoms with van der Waals surface area (Å²) in [5.41, 5.74) is 5.88. The number of benzene rings is 3. The number of hydrogen-bond donors (Lipinski definition) is 0. The van der Waals surface area contributed by atoms with Crippen molar-refractivity contribution in [1.82, 2.24) is 5.01 Å². The standard InChI is InChI=1S/C27H24BrClN2O3/c1-18(15-28)30-31-16-24-22(20-10-6-11-21(29)14-20)12-7-13-23(24)26(25(31)27(32)33-2)34-17-19-8-4-3-5-9-19/h3-14H,15-17H2,1-2H3/b30-18+. The number of hydrogen-bond acceptors (Lipinski definition) is 5. The molecule has 1 heterocycles. The fourth-order valence-corrected chi connectivity index (χ4v) is 4.16. The van der Waals surface area contributed by atoms with Gasteiger partial charge < -0.3 is 9.47 Å². The zero-order chi connectivity index (χ0) is 24.1. The zero-order valence-corrected chi connectivity index (χ0v) is 21.3. The molecule has 1 aliphatic heterocycles. The Bertz CT molecular complexity index is 1260. The number of ether oxygens (including phenoxy) is 2. The first-order valence-electron chi connectivity index (χ1n) is 10.8. The maximum absolute atomic E-state index is 13.0. The Hall–Kier alpha value is -3.09. The Balaban J connectivity index is 1.90. The molecular formula is C27H24BrClN2O3. The minimum Gasteiger partial charge on any atom is -0.486 e. The number of hydrazone groups is 1. The lowest BCUT2D eigenvalue weighted by molar-refractivity contribution is -0.138. The van der Waals surface area contributed by atoms with Gasteiger partial charge in [-0.15, -0.1) is 0 Å². The summed E-state index contributed by atoms with van der Waals surface area (Å²) in [5, 5.41) is 7.59. The molecule has 7 heteroatoms. The average Bonchev–Trinajstić information content (AvgIpc) is 2.86. The van der Waals surface area contributed by atoms with Crippen LogP contribution in [0.25, 0.3) is 16.9 Å². The summed E-state index contributed by atoms with van der Waals surface area (Å²) >= 11 is 9.74. The molecule has 0 fully saturated rings. The van der Waals surface area contributed by atoms with Crippen LogP contribution in [0.2, 0.25) is 5.02 Å². The van der Waals surface area contributed by atoms with E-state index in [0.717, 1.165) is 33.5 Å². The van der Waals surface area contributed by atoms with Gasteiger partial charge >= 0.3 is 5.97 Å². The second-order valence-corrected chi connectivity index (χ2v) is 8.81.